The number of aromatic nitrogens is 1. The lowest BCUT2D eigenvalue weighted by Gasteiger charge is -2.35. The number of carbonyl (C=O) groups excluding carboxylic acids is 1. The van der Waals surface area contributed by atoms with Crippen molar-refractivity contribution >= 4 is 34.0 Å². The van der Waals surface area contributed by atoms with Crippen molar-refractivity contribution in [3.8, 4) is 22.6 Å². The molecule has 0 radical (unpaired) electrons. The van der Waals surface area contributed by atoms with Crippen LogP contribution in [0.5, 0.6) is 11.5 Å². The number of pyridine rings is 1. The molecule has 0 unspecified atom stereocenters. The molecule has 2 heterocycles. The Labute approximate surface area is 236 Å². The largest absolute Gasteiger partial charge is 0.503 e. The van der Waals surface area contributed by atoms with Gasteiger partial charge in [0.05, 0.1) is 28.9 Å². The lowest BCUT2D eigenvalue weighted by molar-refractivity contribution is 0.0968. The number of halogens is 1. The summed E-state index contributed by atoms with van der Waals surface area (Å²) in [4.78, 5) is 20.5. The Hall–Kier alpha value is -2.83. The van der Waals surface area contributed by atoms with Crippen LogP contribution in [0.2, 0.25) is 5.02 Å². The molecule has 1 aromatic heterocycles. The molecule has 1 saturated carbocycles. The molecule has 2 aromatic carbocycles. The highest BCUT2D eigenvalue weighted by Crippen LogP contribution is 2.42. The van der Waals surface area contributed by atoms with Gasteiger partial charge in [0.1, 0.15) is 0 Å². The summed E-state index contributed by atoms with van der Waals surface area (Å²) < 4.78 is 5.34. The number of phenols is 1. The number of fused-ring (bicyclic) bond motifs is 1. The van der Waals surface area contributed by atoms with Gasteiger partial charge in [-0.3, -0.25) is 9.78 Å². The first-order valence-corrected chi connectivity index (χ1v) is 14.9. The van der Waals surface area contributed by atoms with Crippen molar-refractivity contribution in [3.05, 3.63) is 47.1 Å². The molecule has 7 heteroatoms. The lowest BCUT2D eigenvalue weighted by Crippen LogP contribution is -2.36. The van der Waals surface area contributed by atoms with Crippen LogP contribution < -0.4 is 15.0 Å². The van der Waals surface area contributed by atoms with Crippen molar-refractivity contribution in [2.24, 2.45) is 11.8 Å². The molecule has 0 spiro atoms. The molecular formula is C32H40ClN3O3. The number of ketones is 1. The Balaban J connectivity index is 1.42. The van der Waals surface area contributed by atoms with Gasteiger partial charge in [0.2, 0.25) is 0 Å². The van der Waals surface area contributed by atoms with Gasteiger partial charge in [0.25, 0.3) is 0 Å². The predicted octanol–water partition coefficient (Wildman–Crippen LogP) is 7.25. The van der Waals surface area contributed by atoms with Gasteiger partial charge < -0.3 is 20.1 Å². The highest BCUT2D eigenvalue weighted by molar-refractivity contribution is 6.32. The van der Waals surface area contributed by atoms with Crippen LogP contribution in [0.1, 0.15) is 68.6 Å². The summed E-state index contributed by atoms with van der Waals surface area (Å²) in [6.07, 6.45) is 11.0. The third-order valence-corrected chi connectivity index (χ3v) is 8.54. The smallest absolute Gasteiger partial charge is 0.176 e. The van der Waals surface area contributed by atoms with Crippen LogP contribution in [-0.4, -0.2) is 49.2 Å². The molecule has 208 valence electrons. The molecule has 6 nitrogen and oxygen atoms in total. The number of phenolic OH excluding ortho intramolecular Hbond substituents is 1. The van der Waals surface area contributed by atoms with Crippen LogP contribution in [-0.2, 0) is 0 Å². The Morgan fingerprint density at radius 2 is 1.90 bits per heavy atom. The molecule has 39 heavy (non-hydrogen) atoms. The van der Waals surface area contributed by atoms with Crippen LogP contribution in [0.3, 0.4) is 0 Å². The molecule has 5 rings (SSSR count). The van der Waals surface area contributed by atoms with Crippen molar-refractivity contribution < 1.29 is 14.6 Å². The van der Waals surface area contributed by atoms with Crippen molar-refractivity contribution in [3.63, 3.8) is 0 Å². The number of piperidine rings is 1. The first kappa shape index (κ1) is 27.7. The number of nitrogens with one attached hydrogen (secondary N) is 1. The number of carbonyl (C=O) groups is 1. The minimum atomic E-state index is -0.0672. The van der Waals surface area contributed by atoms with E-state index in [1.54, 1.807) is 18.3 Å². The minimum Gasteiger partial charge on any atom is -0.503 e. The van der Waals surface area contributed by atoms with Gasteiger partial charge in [-0.15, -0.1) is 0 Å². The lowest BCUT2D eigenvalue weighted by atomic mass is 9.91. The van der Waals surface area contributed by atoms with E-state index in [4.69, 9.17) is 21.3 Å². The topological polar surface area (TPSA) is 74.7 Å². The molecule has 2 fully saturated rings. The van der Waals surface area contributed by atoms with Crippen LogP contribution in [0.4, 0.5) is 5.69 Å². The van der Waals surface area contributed by atoms with Gasteiger partial charge in [-0.2, -0.15) is 0 Å². The summed E-state index contributed by atoms with van der Waals surface area (Å²) in [6, 6.07) is 9.65. The molecule has 1 saturated heterocycles. The number of anilines is 1. The van der Waals surface area contributed by atoms with Gasteiger partial charge in [0, 0.05) is 30.6 Å². The minimum absolute atomic E-state index is 0.0672. The van der Waals surface area contributed by atoms with E-state index in [-0.39, 0.29) is 22.5 Å². The summed E-state index contributed by atoms with van der Waals surface area (Å²) in [5, 5.41) is 15.1. The summed E-state index contributed by atoms with van der Waals surface area (Å²) in [5.41, 5.74) is 4.42. The van der Waals surface area contributed by atoms with E-state index in [1.807, 2.05) is 12.1 Å². The number of benzene rings is 2. The molecule has 1 aliphatic carbocycles. The third kappa shape index (κ3) is 6.33. The first-order valence-electron chi connectivity index (χ1n) is 14.5. The van der Waals surface area contributed by atoms with E-state index in [0.717, 1.165) is 85.1 Å². The maximum absolute atomic E-state index is 13.4. The zero-order valence-corrected chi connectivity index (χ0v) is 23.9. The van der Waals surface area contributed by atoms with Crippen LogP contribution >= 0.6 is 11.6 Å². The number of nitrogens with zero attached hydrogens (tertiary/aromatic N) is 2. The number of hydrogen-bond donors (Lipinski definition) is 2. The van der Waals surface area contributed by atoms with Gasteiger partial charge in [-0.05, 0) is 92.9 Å². The van der Waals surface area contributed by atoms with E-state index in [1.165, 1.54) is 32.8 Å². The molecule has 2 aliphatic rings. The summed E-state index contributed by atoms with van der Waals surface area (Å²) >= 11 is 6.31. The van der Waals surface area contributed by atoms with Crippen LogP contribution in [0, 0.1) is 11.8 Å². The average molecular weight is 550 g/mol. The molecule has 2 N–H and O–H groups in total. The summed E-state index contributed by atoms with van der Waals surface area (Å²) in [6.45, 7) is 6.31. The fourth-order valence-electron chi connectivity index (χ4n) is 5.72. The fourth-order valence-corrected chi connectivity index (χ4v) is 5.93. The van der Waals surface area contributed by atoms with Gasteiger partial charge in [-0.25, -0.2) is 0 Å². The van der Waals surface area contributed by atoms with E-state index < -0.39 is 0 Å². The Morgan fingerprint density at radius 3 is 2.62 bits per heavy atom. The normalized spacial score (nSPS) is 16.1. The monoisotopic (exact) mass is 549 g/mol. The number of rotatable bonds is 12. The van der Waals surface area contributed by atoms with E-state index in [0.29, 0.717) is 11.7 Å². The molecule has 0 atom stereocenters. The highest BCUT2D eigenvalue weighted by Gasteiger charge is 2.34. The van der Waals surface area contributed by atoms with E-state index in [9.17, 15) is 9.90 Å². The molecule has 0 bridgehead atoms. The quantitative estimate of drug-likeness (QED) is 0.183. The zero-order chi connectivity index (χ0) is 27.4. The fraction of sp³-hybridized carbons (Fsp3) is 0.500. The number of methoxy groups -OCH3 is 1. The predicted molar refractivity (Wildman–Crippen MR) is 159 cm³/mol. The van der Waals surface area contributed by atoms with E-state index >= 15 is 0 Å². The maximum atomic E-state index is 13.4. The highest BCUT2D eigenvalue weighted by atomic mass is 35.5. The number of aromatic hydroxyl groups is 1. The standard InChI is InChI=1S/C32H40ClN3O3/c1-3-4-5-13-34-14-10-21-11-15-36(16-12-21)30-25-17-23(24-18-27(33)32(38)29(19-24)39-2)8-9-28(25)35-20-26(30)31(37)22-6-7-22/h8-9,17-22,34,38H,3-7,10-16H2,1-2H3. The summed E-state index contributed by atoms with van der Waals surface area (Å²) in [5.74, 6) is 1.32. The molecule has 1 aliphatic heterocycles. The second-order valence-electron chi connectivity index (χ2n) is 11.1. The number of hydrogen-bond acceptors (Lipinski definition) is 6. The number of unbranched alkanes of at least 4 members (excludes halogenated alkanes) is 2. The Morgan fingerprint density at radius 1 is 1.10 bits per heavy atom. The van der Waals surface area contributed by atoms with Crippen molar-refractivity contribution in [1.29, 1.82) is 0 Å². The van der Waals surface area contributed by atoms with Crippen molar-refractivity contribution in [1.82, 2.24) is 10.3 Å². The molecule has 3 aromatic rings. The Bertz CT molecular complexity index is 1320. The van der Waals surface area contributed by atoms with Crippen molar-refractivity contribution in [2.75, 3.05) is 38.2 Å². The molecular weight excluding hydrogens is 510 g/mol. The Kier molecular flexibility index (Phi) is 8.93. The van der Waals surface area contributed by atoms with Gasteiger partial charge >= 0.3 is 0 Å². The van der Waals surface area contributed by atoms with Crippen LogP contribution in [0.25, 0.3) is 22.0 Å². The van der Waals surface area contributed by atoms with Crippen molar-refractivity contribution in [2.45, 2.75) is 58.3 Å². The summed E-state index contributed by atoms with van der Waals surface area (Å²) in [7, 11) is 1.51. The third-order valence-electron chi connectivity index (χ3n) is 8.25. The van der Waals surface area contributed by atoms with E-state index in [2.05, 4.69) is 23.2 Å². The molecule has 0 amide bonds. The van der Waals surface area contributed by atoms with Crippen LogP contribution in [0.15, 0.2) is 36.5 Å². The zero-order valence-electron chi connectivity index (χ0n) is 23.1. The number of ether oxygens (including phenoxy) is 1. The first-order chi connectivity index (χ1) is 19.0. The number of Topliss-reactive ketones (excluding diaryl/α,β-unsaturated/α-hetero) is 1. The van der Waals surface area contributed by atoms with Gasteiger partial charge in [-0.1, -0.05) is 37.4 Å². The second kappa shape index (κ2) is 12.6. The average Bonchev–Trinajstić information content (AvgIpc) is 3.81. The SMILES string of the molecule is CCCCCNCCC1CCN(c2c(C(=O)C3CC3)cnc3ccc(-c4cc(Cl)c(O)c(OC)c4)cc23)CC1. The second-order valence-corrected chi connectivity index (χ2v) is 11.5. The van der Waals surface area contributed by atoms with Gasteiger partial charge in [0.15, 0.2) is 17.3 Å². The maximum Gasteiger partial charge on any atom is 0.176 e.